The summed E-state index contributed by atoms with van der Waals surface area (Å²) in [6.07, 6.45) is 1.58. The average Bonchev–Trinajstić information content (AvgIpc) is 2.93. The molecule has 1 heterocycles. The summed E-state index contributed by atoms with van der Waals surface area (Å²) in [7, 11) is -1.05. The van der Waals surface area contributed by atoms with E-state index in [1.807, 2.05) is 30.3 Å². The Morgan fingerprint density at radius 1 is 0.769 bits per heavy atom. The van der Waals surface area contributed by atoms with Gasteiger partial charge in [0, 0.05) is 48.1 Å². The highest BCUT2D eigenvalue weighted by molar-refractivity contribution is 7.89. The van der Waals surface area contributed by atoms with Crippen molar-refractivity contribution in [2.45, 2.75) is 4.90 Å². The third kappa shape index (κ3) is 4.92. The third-order valence-electron chi connectivity index (χ3n) is 6.42. The standard InChI is InChI=1S/C31H24ClFN2O3S/c1-35(2)39(37,38)31-23(20-9-4-3-5-10-20)16-17-24(29(31)32)25-14-8-18-34-30(25)26-13-7-15-27(33)28(26)21-11-6-12-22(36)19-21/h3-19,36H,1-2H3. The summed E-state index contributed by atoms with van der Waals surface area (Å²) >= 11 is 6.95. The van der Waals surface area contributed by atoms with Gasteiger partial charge in [-0.25, -0.2) is 17.1 Å². The van der Waals surface area contributed by atoms with E-state index < -0.39 is 15.8 Å². The van der Waals surface area contributed by atoms with Gasteiger partial charge in [0.1, 0.15) is 16.5 Å². The number of pyridine rings is 1. The summed E-state index contributed by atoms with van der Waals surface area (Å²) in [4.78, 5) is 4.55. The second-order valence-electron chi connectivity index (χ2n) is 9.07. The number of aromatic hydroxyl groups is 1. The smallest absolute Gasteiger partial charge is 0.244 e. The van der Waals surface area contributed by atoms with Crippen molar-refractivity contribution in [3.05, 3.63) is 114 Å². The highest BCUT2D eigenvalue weighted by Crippen LogP contribution is 2.44. The zero-order chi connectivity index (χ0) is 27.7. The SMILES string of the molecule is CN(C)S(=O)(=O)c1c(-c2ccccc2)ccc(-c2cccnc2-c2cccc(F)c2-c2cccc(O)c2)c1Cl. The lowest BCUT2D eigenvalue weighted by Gasteiger charge is -2.20. The predicted octanol–water partition coefficient (Wildman–Crippen LogP) is 7.50. The fourth-order valence-electron chi connectivity index (χ4n) is 4.56. The first kappa shape index (κ1) is 26.6. The Balaban J connectivity index is 1.80. The van der Waals surface area contributed by atoms with Crippen molar-refractivity contribution in [2.75, 3.05) is 14.1 Å². The molecule has 5 nitrogen and oxygen atoms in total. The molecule has 0 amide bonds. The maximum absolute atomic E-state index is 15.3. The molecule has 0 spiro atoms. The Morgan fingerprint density at radius 2 is 1.44 bits per heavy atom. The topological polar surface area (TPSA) is 70.5 Å². The van der Waals surface area contributed by atoms with Crippen molar-refractivity contribution < 1.29 is 17.9 Å². The Morgan fingerprint density at radius 3 is 2.15 bits per heavy atom. The lowest BCUT2D eigenvalue weighted by atomic mass is 9.91. The molecule has 8 heteroatoms. The number of rotatable bonds is 6. The summed E-state index contributed by atoms with van der Waals surface area (Å²) < 4.78 is 43.5. The molecule has 5 aromatic rings. The van der Waals surface area contributed by atoms with Crippen LogP contribution in [0.4, 0.5) is 4.39 Å². The lowest BCUT2D eigenvalue weighted by molar-refractivity contribution is 0.475. The average molecular weight is 559 g/mol. The van der Waals surface area contributed by atoms with Crippen LogP contribution in [0.1, 0.15) is 0 Å². The van der Waals surface area contributed by atoms with Crippen LogP contribution in [0, 0.1) is 5.82 Å². The van der Waals surface area contributed by atoms with Crippen LogP contribution >= 0.6 is 11.6 Å². The van der Waals surface area contributed by atoms with Crippen molar-refractivity contribution in [1.29, 1.82) is 0 Å². The van der Waals surface area contributed by atoms with E-state index in [0.717, 1.165) is 4.31 Å². The quantitative estimate of drug-likeness (QED) is 0.234. The molecule has 5 rings (SSSR count). The van der Waals surface area contributed by atoms with Crippen LogP contribution in [-0.2, 0) is 10.0 Å². The zero-order valence-electron chi connectivity index (χ0n) is 21.1. The monoisotopic (exact) mass is 558 g/mol. The second-order valence-corrected chi connectivity index (χ2v) is 11.5. The van der Waals surface area contributed by atoms with Crippen molar-refractivity contribution in [3.63, 3.8) is 0 Å². The Kier molecular flexibility index (Phi) is 7.23. The Hall–Kier alpha value is -4.04. The highest BCUT2D eigenvalue weighted by Gasteiger charge is 2.28. The number of nitrogens with zero attached hydrogens (tertiary/aromatic N) is 2. The van der Waals surface area contributed by atoms with Gasteiger partial charge in [-0.05, 0) is 35.4 Å². The van der Waals surface area contributed by atoms with Gasteiger partial charge in [0.15, 0.2) is 0 Å². The van der Waals surface area contributed by atoms with E-state index in [2.05, 4.69) is 4.98 Å². The van der Waals surface area contributed by atoms with Crippen LogP contribution in [0.2, 0.25) is 5.02 Å². The molecule has 1 aromatic heterocycles. The molecule has 0 radical (unpaired) electrons. The first-order valence-electron chi connectivity index (χ1n) is 12.0. The minimum Gasteiger partial charge on any atom is -0.508 e. The minimum atomic E-state index is -3.96. The van der Waals surface area contributed by atoms with Crippen LogP contribution in [0.5, 0.6) is 5.75 Å². The van der Waals surface area contributed by atoms with Gasteiger partial charge in [0.2, 0.25) is 10.0 Å². The molecule has 0 aliphatic carbocycles. The van der Waals surface area contributed by atoms with Crippen molar-refractivity contribution in [2.24, 2.45) is 0 Å². The van der Waals surface area contributed by atoms with Crippen molar-refractivity contribution in [1.82, 2.24) is 9.29 Å². The first-order valence-corrected chi connectivity index (χ1v) is 13.9. The van der Waals surface area contributed by atoms with Crippen LogP contribution in [0.3, 0.4) is 0 Å². The molecule has 0 aliphatic heterocycles. The molecule has 0 unspecified atom stereocenters. The van der Waals surface area contributed by atoms with E-state index in [9.17, 15) is 13.5 Å². The number of sulfonamides is 1. The summed E-state index contributed by atoms with van der Waals surface area (Å²) in [5, 5.41) is 10.1. The fourth-order valence-corrected chi connectivity index (χ4v) is 6.28. The van der Waals surface area contributed by atoms with Gasteiger partial charge >= 0.3 is 0 Å². The van der Waals surface area contributed by atoms with E-state index in [1.165, 1.54) is 32.3 Å². The minimum absolute atomic E-state index is 0.000950. The first-order chi connectivity index (χ1) is 18.7. The third-order valence-corrected chi connectivity index (χ3v) is 8.83. The maximum atomic E-state index is 15.3. The molecular formula is C31H24ClFN2O3S. The number of phenolic OH excluding ortho intramolecular Hbond substituents is 1. The van der Waals surface area contributed by atoms with Gasteiger partial charge in [0.25, 0.3) is 0 Å². The molecule has 196 valence electrons. The van der Waals surface area contributed by atoms with Gasteiger partial charge in [0.05, 0.1) is 10.7 Å². The molecular weight excluding hydrogens is 535 g/mol. The second kappa shape index (κ2) is 10.6. The van der Waals surface area contributed by atoms with E-state index in [0.29, 0.717) is 39.1 Å². The van der Waals surface area contributed by atoms with Crippen molar-refractivity contribution >= 4 is 21.6 Å². The largest absolute Gasteiger partial charge is 0.508 e. The van der Waals surface area contributed by atoms with Crippen LogP contribution < -0.4 is 0 Å². The Labute approximate surface area is 231 Å². The Bertz CT molecular complexity index is 1790. The lowest BCUT2D eigenvalue weighted by Crippen LogP contribution is -2.23. The van der Waals surface area contributed by atoms with Gasteiger partial charge < -0.3 is 5.11 Å². The molecule has 4 aromatic carbocycles. The van der Waals surface area contributed by atoms with E-state index in [4.69, 9.17) is 11.6 Å². The van der Waals surface area contributed by atoms with Crippen LogP contribution in [-0.4, -0.2) is 36.9 Å². The van der Waals surface area contributed by atoms with Gasteiger partial charge in [-0.3, -0.25) is 4.98 Å². The molecule has 0 aliphatic rings. The summed E-state index contributed by atoms with van der Waals surface area (Å²) in [5.74, 6) is -0.489. The maximum Gasteiger partial charge on any atom is 0.244 e. The normalized spacial score (nSPS) is 11.6. The summed E-state index contributed by atoms with van der Waals surface area (Å²) in [6.45, 7) is 0. The summed E-state index contributed by atoms with van der Waals surface area (Å²) in [6, 6.07) is 27.1. The number of phenols is 1. The van der Waals surface area contributed by atoms with E-state index in [1.54, 1.807) is 54.7 Å². The van der Waals surface area contributed by atoms with E-state index >= 15 is 4.39 Å². The summed E-state index contributed by atoms with van der Waals surface area (Å²) in [5.41, 5.74) is 3.75. The number of aromatic nitrogens is 1. The van der Waals surface area contributed by atoms with Gasteiger partial charge in [-0.1, -0.05) is 84.4 Å². The van der Waals surface area contributed by atoms with E-state index in [-0.39, 0.29) is 21.2 Å². The van der Waals surface area contributed by atoms with Gasteiger partial charge in [-0.2, -0.15) is 0 Å². The molecule has 0 fully saturated rings. The number of halogens is 2. The molecule has 1 N–H and O–H groups in total. The number of hydrogen-bond donors (Lipinski definition) is 1. The molecule has 0 saturated carbocycles. The zero-order valence-corrected chi connectivity index (χ0v) is 22.7. The van der Waals surface area contributed by atoms with Crippen molar-refractivity contribution in [3.8, 4) is 50.4 Å². The molecule has 0 atom stereocenters. The molecule has 0 bridgehead atoms. The van der Waals surface area contributed by atoms with Crippen LogP contribution in [0.15, 0.2) is 108 Å². The highest BCUT2D eigenvalue weighted by atomic mass is 35.5. The number of benzene rings is 4. The molecule has 39 heavy (non-hydrogen) atoms. The van der Waals surface area contributed by atoms with Crippen LogP contribution in [0.25, 0.3) is 44.6 Å². The number of hydrogen-bond acceptors (Lipinski definition) is 4. The predicted molar refractivity (Wildman–Crippen MR) is 153 cm³/mol. The van der Waals surface area contributed by atoms with Gasteiger partial charge in [-0.15, -0.1) is 0 Å². The molecule has 0 saturated heterocycles. The fraction of sp³-hybridized carbons (Fsp3) is 0.0645.